The second-order valence-corrected chi connectivity index (χ2v) is 2.98. The zero-order chi connectivity index (χ0) is 10.2. The van der Waals surface area contributed by atoms with Crippen molar-refractivity contribution in [2.45, 2.75) is 13.8 Å². The topological polar surface area (TPSA) is 59.3 Å². The first-order chi connectivity index (χ1) is 5.95. The van der Waals surface area contributed by atoms with E-state index in [9.17, 15) is 9.59 Å². The highest BCUT2D eigenvalue weighted by Crippen LogP contribution is 2.13. The summed E-state index contributed by atoms with van der Waals surface area (Å²) in [7, 11) is 1.79. The minimum absolute atomic E-state index is 0.271. The highest BCUT2D eigenvalue weighted by Gasteiger charge is 2.19. The van der Waals surface area contributed by atoms with Gasteiger partial charge in [0.25, 0.3) is 5.78 Å². The Hall–Kier alpha value is -1.58. The fourth-order valence-corrected chi connectivity index (χ4v) is 1.20. The van der Waals surface area contributed by atoms with Gasteiger partial charge < -0.3 is 9.67 Å². The number of ketones is 1. The Morgan fingerprint density at radius 1 is 1.38 bits per heavy atom. The van der Waals surface area contributed by atoms with Crippen molar-refractivity contribution in [1.82, 2.24) is 4.57 Å². The van der Waals surface area contributed by atoms with Crippen molar-refractivity contribution in [2.24, 2.45) is 7.05 Å². The van der Waals surface area contributed by atoms with Gasteiger partial charge in [-0.1, -0.05) is 0 Å². The van der Waals surface area contributed by atoms with Gasteiger partial charge in [-0.05, 0) is 19.9 Å². The van der Waals surface area contributed by atoms with E-state index in [0.717, 1.165) is 5.69 Å². The number of aliphatic carboxylic acids is 1. The average molecular weight is 181 g/mol. The van der Waals surface area contributed by atoms with Crippen molar-refractivity contribution >= 4 is 11.8 Å². The largest absolute Gasteiger partial charge is 0.475 e. The van der Waals surface area contributed by atoms with Crippen molar-refractivity contribution in [1.29, 1.82) is 0 Å². The third kappa shape index (κ3) is 1.47. The Morgan fingerprint density at radius 2 is 1.92 bits per heavy atom. The normalized spacial score (nSPS) is 10.1. The molecule has 1 aromatic rings. The smallest absolute Gasteiger partial charge is 0.377 e. The van der Waals surface area contributed by atoms with Crippen molar-refractivity contribution in [2.75, 3.05) is 0 Å². The molecule has 0 aromatic carbocycles. The summed E-state index contributed by atoms with van der Waals surface area (Å²) in [5.74, 6) is -2.25. The van der Waals surface area contributed by atoms with Gasteiger partial charge in [-0.2, -0.15) is 0 Å². The van der Waals surface area contributed by atoms with Gasteiger partial charge in [0.05, 0.1) is 5.56 Å². The molecule has 0 aliphatic rings. The lowest BCUT2D eigenvalue weighted by Gasteiger charge is -1.99. The summed E-state index contributed by atoms with van der Waals surface area (Å²) in [4.78, 5) is 21.5. The van der Waals surface area contributed by atoms with Crippen molar-refractivity contribution in [3.05, 3.63) is 23.0 Å². The minimum Gasteiger partial charge on any atom is -0.475 e. The number of nitrogens with zero attached hydrogens (tertiary/aromatic N) is 1. The molecular weight excluding hydrogens is 170 g/mol. The highest BCUT2D eigenvalue weighted by molar-refractivity contribution is 6.40. The molecule has 70 valence electrons. The van der Waals surface area contributed by atoms with Crippen molar-refractivity contribution in [3.8, 4) is 0 Å². The second-order valence-electron chi connectivity index (χ2n) is 2.98. The molecule has 0 atom stereocenters. The van der Waals surface area contributed by atoms with Crippen LogP contribution in [0.25, 0.3) is 0 Å². The molecule has 1 aromatic heterocycles. The van der Waals surface area contributed by atoms with Gasteiger partial charge in [0, 0.05) is 18.4 Å². The standard InChI is InChI=1S/C9H11NO3/c1-5-4-7(6(2)10(5)3)8(11)9(12)13/h4H,1-3H3,(H,12,13). The fraction of sp³-hybridized carbons (Fsp3) is 0.333. The van der Waals surface area contributed by atoms with Gasteiger partial charge in [-0.3, -0.25) is 4.79 Å². The van der Waals surface area contributed by atoms with Crippen LogP contribution in [0, 0.1) is 13.8 Å². The molecule has 1 heterocycles. The lowest BCUT2D eigenvalue weighted by molar-refractivity contribution is -0.131. The molecule has 0 unspecified atom stereocenters. The summed E-state index contributed by atoms with van der Waals surface area (Å²) in [6.07, 6.45) is 0. The molecule has 4 heteroatoms. The van der Waals surface area contributed by atoms with E-state index in [1.807, 2.05) is 6.92 Å². The van der Waals surface area contributed by atoms with Crippen LogP contribution in [0.15, 0.2) is 6.07 Å². The number of hydrogen-bond donors (Lipinski definition) is 1. The molecule has 13 heavy (non-hydrogen) atoms. The molecular formula is C9H11NO3. The number of carboxylic acid groups (broad SMARTS) is 1. The van der Waals surface area contributed by atoms with Crippen molar-refractivity contribution in [3.63, 3.8) is 0 Å². The predicted octanol–water partition coefficient (Wildman–Crippen LogP) is 0.909. The van der Waals surface area contributed by atoms with E-state index in [1.54, 1.807) is 24.6 Å². The Balaban J connectivity index is 3.24. The number of carbonyl (C=O) groups is 2. The molecule has 0 aliphatic carbocycles. The van der Waals surface area contributed by atoms with Crippen LogP contribution in [-0.4, -0.2) is 21.4 Å². The van der Waals surface area contributed by atoms with E-state index in [4.69, 9.17) is 5.11 Å². The second kappa shape index (κ2) is 3.05. The maximum atomic E-state index is 11.1. The van der Waals surface area contributed by atoms with Gasteiger partial charge in [0.2, 0.25) is 0 Å². The molecule has 0 saturated heterocycles. The maximum absolute atomic E-state index is 11.1. The van der Waals surface area contributed by atoms with Crippen LogP contribution in [-0.2, 0) is 11.8 Å². The number of aryl methyl sites for hydroxylation is 1. The van der Waals surface area contributed by atoms with Gasteiger partial charge >= 0.3 is 5.97 Å². The van der Waals surface area contributed by atoms with Crippen LogP contribution in [0.5, 0.6) is 0 Å². The molecule has 0 aliphatic heterocycles. The van der Waals surface area contributed by atoms with E-state index in [2.05, 4.69) is 0 Å². The van der Waals surface area contributed by atoms with Gasteiger partial charge in [-0.15, -0.1) is 0 Å². The number of rotatable bonds is 2. The summed E-state index contributed by atoms with van der Waals surface area (Å²) < 4.78 is 1.79. The predicted molar refractivity (Wildman–Crippen MR) is 46.9 cm³/mol. The summed E-state index contributed by atoms with van der Waals surface area (Å²) in [5.41, 5.74) is 1.83. The maximum Gasteiger partial charge on any atom is 0.377 e. The van der Waals surface area contributed by atoms with E-state index in [1.165, 1.54) is 0 Å². The lowest BCUT2D eigenvalue weighted by Crippen LogP contribution is -2.13. The van der Waals surface area contributed by atoms with Crippen LogP contribution >= 0.6 is 0 Å². The SMILES string of the molecule is Cc1cc(C(=O)C(=O)O)c(C)n1C. The van der Waals surface area contributed by atoms with Crippen LogP contribution in [0.3, 0.4) is 0 Å². The summed E-state index contributed by atoms with van der Waals surface area (Å²) in [6, 6.07) is 1.59. The monoisotopic (exact) mass is 181 g/mol. The number of hydrogen-bond acceptors (Lipinski definition) is 2. The summed E-state index contributed by atoms with van der Waals surface area (Å²) in [5, 5.41) is 8.50. The Labute approximate surface area is 75.8 Å². The first kappa shape index (κ1) is 9.51. The summed E-state index contributed by atoms with van der Waals surface area (Å²) in [6.45, 7) is 3.55. The molecule has 0 amide bonds. The zero-order valence-corrected chi connectivity index (χ0v) is 7.79. The number of carboxylic acids is 1. The summed E-state index contributed by atoms with van der Waals surface area (Å²) >= 11 is 0. The lowest BCUT2D eigenvalue weighted by atomic mass is 10.1. The van der Waals surface area contributed by atoms with E-state index < -0.39 is 11.8 Å². The third-order valence-corrected chi connectivity index (χ3v) is 2.21. The van der Waals surface area contributed by atoms with Gasteiger partial charge in [-0.25, -0.2) is 4.79 Å². The minimum atomic E-state index is -1.41. The van der Waals surface area contributed by atoms with Gasteiger partial charge in [0.15, 0.2) is 0 Å². The highest BCUT2D eigenvalue weighted by atomic mass is 16.4. The van der Waals surface area contributed by atoms with E-state index in [-0.39, 0.29) is 5.56 Å². The number of aromatic nitrogens is 1. The van der Waals surface area contributed by atoms with E-state index in [0.29, 0.717) is 5.69 Å². The first-order valence-electron chi connectivity index (χ1n) is 3.85. The van der Waals surface area contributed by atoms with Crippen molar-refractivity contribution < 1.29 is 14.7 Å². The zero-order valence-electron chi connectivity index (χ0n) is 7.79. The van der Waals surface area contributed by atoms with Crippen LogP contribution in [0.4, 0.5) is 0 Å². The Morgan fingerprint density at radius 3 is 2.23 bits per heavy atom. The third-order valence-electron chi connectivity index (χ3n) is 2.21. The van der Waals surface area contributed by atoms with Gasteiger partial charge in [0.1, 0.15) is 0 Å². The first-order valence-corrected chi connectivity index (χ1v) is 3.85. The molecule has 0 spiro atoms. The molecule has 0 radical (unpaired) electrons. The molecule has 0 bridgehead atoms. The van der Waals surface area contributed by atoms with Crippen LogP contribution < -0.4 is 0 Å². The number of carbonyl (C=O) groups excluding carboxylic acids is 1. The molecule has 0 saturated carbocycles. The molecule has 0 fully saturated rings. The number of Topliss-reactive ketones (excluding diaryl/α,β-unsaturated/α-hetero) is 1. The Kier molecular flexibility index (Phi) is 2.23. The molecule has 1 rings (SSSR count). The van der Waals surface area contributed by atoms with Crippen LogP contribution in [0.1, 0.15) is 21.7 Å². The van der Waals surface area contributed by atoms with E-state index >= 15 is 0 Å². The molecule has 1 N–H and O–H groups in total. The molecule has 4 nitrogen and oxygen atoms in total. The average Bonchev–Trinajstić information content (AvgIpc) is 2.31. The Bertz CT molecular complexity index is 376. The van der Waals surface area contributed by atoms with Crippen LogP contribution in [0.2, 0.25) is 0 Å². The quantitative estimate of drug-likeness (QED) is 0.545. The fourth-order valence-electron chi connectivity index (χ4n) is 1.20.